The number of amides is 1. The van der Waals surface area contributed by atoms with Crippen LogP contribution in [0.3, 0.4) is 0 Å². The first-order valence-corrected chi connectivity index (χ1v) is 7.28. The maximum absolute atomic E-state index is 11.0. The predicted octanol–water partition coefficient (Wildman–Crippen LogP) is 1.42. The number of aromatic nitrogens is 2. The lowest BCUT2D eigenvalue weighted by Crippen LogP contribution is -2.49. The van der Waals surface area contributed by atoms with Gasteiger partial charge in [0.1, 0.15) is 0 Å². The first kappa shape index (κ1) is 12.7. The molecular weight excluding hydrogens is 240 g/mol. The van der Waals surface area contributed by atoms with Crippen LogP contribution in [-0.2, 0) is 0 Å². The molecule has 19 heavy (non-hydrogen) atoms. The molecule has 1 saturated carbocycles. The highest BCUT2D eigenvalue weighted by Crippen LogP contribution is 2.28. The van der Waals surface area contributed by atoms with E-state index in [1.807, 2.05) is 4.68 Å². The van der Waals surface area contributed by atoms with E-state index in [0.717, 1.165) is 19.0 Å². The third-order valence-electron chi connectivity index (χ3n) is 4.44. The Kier molecular flexibility index (Phi) is 3.55. The second kappa shape index (κ2) is 5.33. The predicted molar refractivity (Wildman–Crippen MR) is 72.8 cm³/mol. The van der Waals surface area contributed by atoms with Crippen LogP contribution in [0.5, 0.6) is 0 Å². The summed E-state index contributed by atoms with van der Waals surface area (Å²) in [5.41, 5.74) is 5.74. The zero-order valence-corrected chi connectivity index (χ0v) is 11.3. The molecule has 1 aliphatic carbocycles. The summed E-state index contributed by atoms with van der Waals surface area (Å²) in [4.78, 5) is 13.5. The van der Waals surface area contributed by atoms with E-state index in [4.69, 9.17) is 5.73 Å². The molecule has 1 amide bonds. The molecule has 1 aliphatic heterocycles. The molecule has 0 spiro atoms. The topological polar surface area (TPSA) is 64.2 Å². The monoisotopic (exact) mass is 262 g/mol. The smallest absolute Gasteiger partial charge is 0.251 e. The standard InChI is InChI=1S/C14H22N4O/c15-14(19)12-6-16-18(8-12)13-9-17(10-13)7-11-4-2-1-3-5-11/h6,8,11,13H,1-5,7,9-10H2,(H2,15,19). The van der Waals surface area contributed by atoms with Crippen LogP contribution in [0.1, 0.15) is 48.5 Å². The van der Waals surface area contributed by atoms with Crippen LogP contribution in [0.2, 0.25) is 0 Å². The van der Waals surface area contributed by atoms with Crippen LogP contribution in [0.4, 0.5) is 0 Å². The van der Waals surface area contributed by atoms with Crippen LogP contribution in [0.15, 0.2) is 12.4 Å². The molecule has 1 aromatic heterocycles. The molecule has 5 heteroatoms. The van der Waals surface area contributed by atoms with E-state index in [2.05, 4.69) is 10.00 Å². The molecule has 0 unspecified atom stereocenters. The van der Waals surface area contributed by atoms with Crippen molar-refractivity contribution in [3.63, 3.8) is 0 Å². The highest BCUT2D eigenvalue weighted by atomic mass is 16.1. The van der Waals surface area contributed by atoms with Crippen molar-refractivity contribution in [2.24, 2.45) is 11.7 Å². The lowest BCUT2D eigenvalue weighted by molar-refractivity contribution is 0.0725. The Bertz CT molecular complexity index is 444. The van der Waals surface area contributed by atoms with Gasteiger partial charge in [-0.15, -0.1) is 0 Å². The van der Waals surface area contributed by atoms with Gasteiger partial charge in [-0.05, 0) is 18.8 Å². The maximum Gasteiger partial charge on any atom is 0.251 e. The minimum absolute atomic E-state index is 0.398. The number of nitrogens with two attached hydrogens (primary N) is 1. The van der Waals surface area contributed by atoms with Crippen LogP contribution >= 0.6 is 0 Å². The summed E-state index contributed by atoms with van der Waals surface area (Å²) in [6, 6.07) is 0.414. The van der Waals surface area contributed by atoms with Crippen molar-refractivity contribution < 1.29 is 4.79 Å². The number of carbonyl (C=O) groups excluding carboxylic acids is 1. The van der Waals surface area contributed by atoms with Gasteiger partial charge in [-0.3, -0.25) is 14.4 Å². The molecule has 2 heterocycles. The summed E-state index contributed by atoms with van der Waals surface area (Å²) >= 11 is 0. The molecule has 104 valence electrons. The summed E-state index contributed by atoms with van der Waals surface area (Å²) in [6.45, 7) is 3.34. The minimum atomic E-state index is -0.398. The molecule has 1 saturated heterocycles. The van der Waals surface area contributed by atoms with Gasteiger partial charge in [0.2, 0.25) is 0 Å². The van der Waals surface area contributed by atoms with Crippen LogP contribution in [-0.4, -0.2) is 40.2 Å². The first-order valence-electron chi connectivity index (χ1n) is 7.28. The number of hydrogen-bond donors (Lipinski definition) is 1. The average molecular weight is 262 g/mol. The fraction of sp³-hybridized carbons (Fsp3) is 0.714. The largest absolute Gasteiger partial charge is 0.366 e. The molecule has 0 aromatic carbocycles. The van der Waals surface area contributed by atoms with Gasteiger partial charge >= 0.3 is 0 Å². The maximum atomic E-state index is 11.0. The number of hydrogen-bond acceptors (Lipinski definition) is 3. The molecule has 1 aromatic rings. The Labute approximate surface area is 113 Å². The summed E-state index contributed by atoms with van der Waals surface area (Å²) < 4.78 is 1.89. The summed E-state index contributed by atoms with van der Waals surface area (Å²) in [5, 5.41) is 4.23. The highest BCUT2D eigenvalue weighted by molar-refractivity contribution is 5.92. The Hall–Kier alpha value is -1.36. The summed E-state index contributed by atoms with van der Waals surface area (Å²) in [6.07, 6.45) is 10.4. The second-order valence-electron chi connectivity index (χ2n) is 5.95. The van der Waals surface area contributed by atoms with E-state index < -0.39 is 5.91 Å². The normalized spacial score (nSPS) is 22.3. The highest BCUT2D eigenvalue weighted by Gasteiger charge is 2.30. The Morgan fingerprint density at radius 1 is 1.32 bits per heavy atom. The zero-order valence-electron chi connectivity index (χ0n) is 11.3. The van der Waals surface area contributed by atoms with Gasteiger partial charge in [0, 0.05) is 25.8 Å². The fourth-order valence-corrected chi connectivity index (χ4v) is 3.26. The van der Waals surface area contributed by atoms with Crippen LogP contribution in [0, 0.1) is 5.92 Å². The van der Waals surface area contributed by atoms with Gasteiger partial charge in [0.25, 0.3) is 5.91 Å². The molecular formula is C14H22N4O. The molecule has 2 N–H and O–H groups in total. The Morgan fingerprint density at radius 3 is 2.68 bits per heavy atom. The van der Waals surface area contributed by atoms with Crippen molar-refractivity contribution in [1.29, 1.82) is 0 Å². The number of likely N-dealkylation sites (tertiary alicyclic amines) is 1. The van der Waals surface area contributed by atoms with Gasteiger partial charge < -0.3 is 5.73 Å². The molecule has 2 aliphatic rings. The molecule has 0 bridgehead atoms. The molecule has 3 rings (SSSR count). The van der Waals surface area contributed by atoms with Crippen LogP contribution in [0.25, 0.3) is 0 Å². The van der Waals surface area contributed by atoms with Gasteiger partial charge in [0.15, 0.2) is 0 Å². The first-order chi connectivity index (χ1) is 9.22. The average Bonchev–Trinajstić information content (AvgIpc) is 2.84. The molecule has 2 fully saturated rings. The minimum Gasteiger partial charge on any atom is -0.366 e. The van der Waals surface area contributed by atoms with E-state index in [9.17, 15) is 4.79 Å². The zero-order chi connectivity index (χ0) is 13.2. The van der Waals surface area contributed by atoms with Gasteiger partial charge in [0.05, 0.1) is 17.8 Å². The third kappa shape index (κ3) is 2.81. The number of carbonyl (C=O) groups is 1. The second-order valence-corrected chi connectivity index (χ2v) is 5.95. The lowest BCUT2D eigenvalue weighted by Gasteiger charge is -2.41. The van der Waals surface area contributed by atoms with Crippen molar-refractivity contribution >= 4 is 5.91 Å². The number of primary amides is 1. The van der Waals surface area contributed by atoms with Crippen LogP contribution < -0.4 is 5.73 Å². The van der Waals surface area contributed by atoms with Gasteiger partial charge in [-0.1, -0.05) is 19.3 Å². The fourth-order valence-electron chi connectivity index (χ4n) is 3.26. The number of rotatable bonds is 4. The molecule has 0 radical (unpaired) electrons. The molecule has 5 nitrogen and oxygen atoms in total. The summed E-state index contributed by atoms with van der Waals surface area (Å²) in [7, 11) is 0. The van der Waals surface area contributed by atoms with Crippen molar-refractivity contribution in [2.45, 2.75) is 38.1 Å². The van der Waals surface area contributed by atoms with E-state index in [1.165, 1.54) is 38.6 Å². The van der Waals surface area contributed by atoms with Crippen molar-refractivity contribution in [3.05, 3.63) is 18.0 Å². The quantitative estimate of drug-likeness (QED) is 0.892. The van der Waals surface area contributed by atoms with Crippen molar-refractivity contribution in [2.75, 3.05) is 19.6 Å². The number of nitrogens with zero attached hydrogens (tertiary/aromatic N) is 3. The van der Waals surface area contributed by atoms with Gasteiger partial charge in [-0.2, -0.15) is 5.10 Å². The third-order valence-corrected chi connectivity index (χ3v) is 4.44. The lowest BCUT2D eigenvalue weighted by atomic mass is 9.88. The SMILES string of the molecule is NC(=O)c1cnn(C2CN(CC3CCCCC3)C2)c1. The van der Waals surface area contributed by atoms with Crippen molar-refractivity contribution in [3.8, 4) is 0 Å². The Morgan fingerprint density at radius 2 is 2.05 bits per heavy atom. The van der Waals surface area contributed by atoms with E-state index >= 15 is 0 Å². The van der Waals surface area contributed by atoms with Crippen molar-refractivity contribution in [1.82, 2.24) is 14.7 Å². The van der Waals surface area contributed by atoms with E-state index in [1.54, 1.807) is 12.4 Å². The van der Waals surface area contributed by atoms with E-state index in [0.29, 0.717) is 11.6 Å². The van der Waals surface area contributed by atoms with Gasteiger partial charge in [-0.25, -0.2) is 0 Å². The Balaban J connectivity index is 1.47. The molecule has 0 atom stereocenters. The summed E-state index contributed by atoms with van der Waals surface area (Å²) in [5.74, 6) is 0.498. The van der Waals surface area contributed by atoms with E-state index in [-0.39, 0.29) is 0 Å².